The summed E-state index contributed by atoms with van der Waals surface area (Å²) >= 11 is 1.16. The zero-order chi connectivity index (χ0) is 13.8. The third-order valence-corrected chi connectivity index (χ3v) is 2.50. The molecule has 0 radical (unpaired) electrons. The van der Waals surface area contributed by atoms with Gasteiger partial charge in [-0.1, -0.05) is 11.8 Å². The fourth-order valence-corrected chi connectivity index (χ4v) is 1.70. The molecule has 0 fully saturated rings. The molecule has 0 aliphatic rings. The normalized spacial score (nSPS) is 11.1. The summed E-state index contributed by atoms with van der Waals surface area (Å²) in [5.74, 6) is 0.391. The number of carbonyl (C=O) groups excluding carboxylic acids is 2. The molecule has 0 bridgehead atoms. The van der Waals surface area contributed by atoms with Gasteiger partial charge in [0, 0.05) is 5.54 Å². The Bertz CT molecular complexity index is 438. The van der Waals surface area contributed by atoms with Crippen LogP contribution in [0.1, 0.15) is 26.6 Å². The smallest absolute Gasteiger partial charge is 0.321 e. The maximum atomic E-state index is 11.5. The van der Waals surface area contributed by atoms with Crippen LogP contribution in [0.2, 0.25) is 0 Å². The van der Waals surface area contributed by atoms with Gasteiger partial charge >= 0.3 is 6.03 Å². The Kier molecular flexibility index (Phi) is 4.71. The molecule has 0 saturated heterocycles. The molecule has 1 rings (SSSR count). The number of aryl methyl sites for hydroxylation is 1. The molecule has 0 spiro atoms. The minimum Gasteiger partial charge on any atom is -0.333 e. The second-order valence-corrected chi connectivity index (χ2v) is 5.69. The largest absolute Gasteiger partial charge is 0.333 e. The lowest BCUT2D eigenvalue weighted by atomic mass is 10.1. The number of amides is 3. The second-order valence-electron chi connectivity index (χ2n) is 4.74. The van der Waals surface area contributed by atoms with E-state index < -0.39 is 6.03 Å². The maximum absolute atomic E-state index is 11.5. The van der Waals surface area contributed by atoms with E-state index in [-0.39, 0.29) is 17.2 Å². The fraction of sp³-hybridized carbons (Fsp3) is 0.600. The molecule has 1 aromatic rings. The van der Waals surface area contributed by atoms with Crippen molar-refractivity contribution in [3.8, 4) is 0 Å². The first-order valence-electron chi connectivity index (χ1n) is 5.40. The van der Waals surface area contributed by atoms with E-state index in [4.69, 9.17) is 0 Å². The van der Waals surface area contributed by atoms with Gasteiger partial charge < -0.3 is 5.32 Å². The van der Waals surface area contributed by atoms with Crippen molar-refractivity contribution in [2.24, 2.45) is 0 Å². The van der Waals surface area contributed by atoms with Crippen molar-refractivity contribution in [2.45, 2.75) is 38.4 Å². The number of H-pyrrole nitrogens is 1. The third kappa shape index (κ3) is 5.67. The topological polar surface area (TPSA) is 99.8 Å². The maximum Gasteiger partial charge on any atom is 0.321 e. The molecule has 0 unspecified atom stereocenters. The Balaban J connectivity index is 2.32. The van der Waals surface area contributed by atoms with Gasteiger partial charge in [-0.3, -0.25) is 15.2 Å². The van der Waals surface area contributed by atoms with Gasteiger partial charge in [0.2, 0.25) is 11.1 Å². The van der Waals surface area contributed by atoms with Crippen molar-refractivity contribution in [1.29, 1.82) is 0 Å². The van der Waals surface area contributed by atoms with Crippen LogP contribution in [0.25, 0.3) is 0 Å². The van der Waals surface area contributed by atoms with Crippen molar-refractivity contribution in [2.75, 3.05) is 5.75 Å². The van der Waals surface area contributed by atoms with E-state index in [1.54, 1.807) is 6.92 Å². The predicted molar refractivity (Wildman–Crippen MR) is 68.3 cm³/mol. The molecule has 0 atom stereocenters. The molecule has 0 aromatic carbocycles. The zero-order valence-electron chi connectivity index (χ0n) is 10.8. The van der Waals surface area contributed by atoms with Crippen molar-refractivity contribution in [3.05, 3.63) is 5.82 Å². The molecule has 18 heavy (non-hydrogen) atoms. The molecule has 0 aliphatic heterocycles. The molecule has 7 nitrogen and oxygen atoms in total. The van der Waals surface area contributed by atoms with Crippen LogP contribution in [0, 0.1) is 6.92 Å². The summed E-state index contributed by atoms with van der Waals surface area (Å²) < 4.78 is 0. The standard InChI is InChI=1S/C10H17N5O2S/c1-6-11-9(15-14-6)18-5-7(16)12-8(17)13-10(2,3)4/h5H2,1-4H3,(H,11,14,15)(H2,12,13,16,17). The first-order valence-corrected chi connectivity index (χ1v) is 6.38. The Hall–Kier alpha value is -1.57. The van der Waals surface area contributed by atoms with Crippen LogP contribution in [0.15, 0.2) is 5.16 Å². The first-order chi connectivity index (χ1) is 8.26. The molecule has 1 heterocycles. The van der Waals surface area contributed by atoms with E-state index in [9.17, 15) is 9.59 Å². The highest BCUT2D eigenvalue weighted by molar-refractivity contribution is 7.99. The Morgan fingerprint density at radius 3 is 2.56 bits per heavy atom. The minimum atomic E-state index is -0.501. The van der Waals surface area contributed by atoms with Crippen molar-refractivity contribution in [3.63, 3.8) is 0 Å². The van der Waals surface area contributed by atoms with Gasteiger partial charge in [-0.15, -0.1) is 5.10 Å². The molecule has 0 saturated carbocycles. The summed E-state index contributed by atoms with van der Waals surface area (Å²) in [6.45, 7) is 7.28. The van der Waals surface area contributed by atoms with Gasteiger partial charge in [-0.05, 0) is 27.7 Å². The van der Waals surface area contributed by atoms with Gasteiger partial charge in [0.15, 0.2) is 0 Å². The molecule has 3 amide bonds. The highest BCUT2D eigenvalue weighted by Crippen LogP contribution is 2.10. The quantitative estimate of drug-likeness (QED) is 0.707. The van der Waals surface area contributed by atoms with E-state index in [0.29, 0.717) is 11.0 Å². The lowest BCUT2D eigenvalue weighted by Crippen LogP contribution is -2.48. The lowest BCUT2D eigenvalue weighted by Gasteiger charge is -2.20. The average Bonchev–Trinajstić information content (AvgIpc) is 2.58. The van der Waals surface area contributed by atoms with Crippen LogP contribution in [0.4, 0.5) is 4.79 Å². The number of imide groups is 1. The fourth-order valence-electron chi connectivity index (χ4n) is 1.05. The highest BCUT2D eigenvalue weighted by Gasteiger charge is 2.16. The minimum absolute atomic E-state index is 0.0921. The molecule has 0 aliphatic carbocycles. The van der Waals surface area contributed by atoms with Gasteiger partial charge in [0.05, 0.1) is 5.75 Å². The van der Waals surface area contributed by atoms with Crippen molar-refractivity contribution >= 4 is 23.7 Å². The number of rotatable bonds is 3. The van der Waals surface area contributed by atoms with Crippen LogP contribution in [-0.2, 0) is 4.79 Å². The molecular formula is C10H17N5O2S. The highest BCUT2D eigenvalue weighted by atomic mass is 32.2. The van der Waals surface area contributed by atoms with Crippen LogP contribution >= 0.6 is 11.8 Å². The van der Waals surface area contributed by atoms with E-state index in [0.717, 1.165) is 11.8 Å². The number of aromatic nitrogens is 3. The number of nitrogens with one attached hydrogen (secondary N) is 3. The molecule has 1 aromatic heterocycles. The summed E-state index contributed by atoms with van der Waals surface area (Å²) in [5.41, 5.74) is -0.377. The lowest BCUT2D eigenvalue weighted by molar-refractivity contribution is -0.117. The number of hydrogen-bond acceptors (Lipinski definition) is 5. The van der Waals surface area contributed by atoms with Crippen molar-refractivity contribution < 1.29 is 9.59 Å². The van der Waals surface area contributed by atoms with Gasteiger partial charge in [-0.2, -0.15) is 0 Å². The Morgan fingerprint density at radius 2 is 2.06 bits per heavy atom. The molecule has 3 N–H and O–H groups in total. The van der Waals surface area contributed by atoms with Crippen LogP contribution in [0.3, 0.4) is 0 Å². The number of urea groups is 1. The second kappa shape index (κ2) is 5.85. The van der Waals surface area contributed by atoms with Crippen LogP contribution < -0.4 is 10.6 Å². The molecule has 8 heteroatoms. The summed E-state index contributed by atoms with van der Waals surface area (Å²) in [7, 11) is 0. The monoisotopic (exact) mass is 271 g/mol. The number of hydrogen-bond donors (Lipinski definition) is 3. The predicted octanol–water partition coefficient (Wildman–Crippen LogP) is 0.830. The number of nitrogens with zero attached hydrogens (tertiary/aromatic N) is 2. The van der Waals surface area contributed by atoms with E-state index in [1.165, 1.54) is 0 Å². The number of thioether (sulfide) groups is 1. The van der Waals surface area contributed by atoms with E-state index in [2.05, 4.69) is 25.8 Å². The van der Waals surface area contributed by atoms with Gasteiger partial charge in [0.25, 0.3) is 0 Å². The summed E-state index contributed by atoms with van der Waals surface area (Å²) in [5, 5.41) is 11.9. The van der Waals surface area contributed by atoms with Gasteiger partial charge in [0.1, 0.15) is 5.82 Å². The van der Waals surface area contributed by atoms with Crippen molar-refractivity contribution in [1.82, 2.24) is 25.8 Å². The molecule has 100 valence electrons. The summed E-state index contributed by atoms with van der Waals surface area (Å²) in [4.78, 5) is 26.9. The third-order valence-electron chi connectivity index (χ3n) is 1.65. The van der Waals surface area contributed by atoms with Crippen LogP contribution in [-0.4, -0.2) is 38.4 Å². The average molecular weight is 271 g/mol. The Labute approximate surface area is 110 Å². The van der Waals surface area contributed by atoms with E-state index in [1.807, 2.05) is 20.8 Å². The van der Waals surface area contributed by atoms with Crippen LogP contribution in [0.5, 0.6) is 0 Å². The molecular weight excluding hydrogens is 254 g/mol. The summed E-state index contributed by atoms with van der Waals surface area (Å²) in [6, 6.07) is -0.501. The zero-order valence-corrected chi connectivity index (χ0v) is 11.6. The SMILES string of the molecule is Cc1nc(SCC(=O)NC(=O)NC(C)(C)C)n[nH]1. The van der Waals surface area contributed by atoms with Gasteiger partial charge in [-0.25, -0.2) is 9.78 Å². The summed E-state index contributed by atoms with van der Waals surface area (Å²) in [6.07, 6.45) is 0. The van der Waals surface area contributed by atoms with E-state index >= 15 is 0 Å². The number of aromatic amines is 1. The number of carbonyl (C=O) groups is 2. The first kappa shape index (κ1) is 14.5. The Morgan fingerprint density at radius 1 is 1.39 bits per heavy atom.